The van der Waals surface area contributed by atoms with E-state index < -0.39 is 56.2 Å². The minimum atomic E-state index is -5.05. The first-order valence-corrected chi connectivity index (χ1v) is 8.82. The van der Waals surface area contributed by atoms with Gasteiger partial charge in [-0.3, -0.25) is 30.3 Å². The zero-order valence-corrected chi connectivity index (χ0v) is 16.4. The highest BCUT2D eigenvalue weighted by Crippen LogP contribution is 2.41. The van der Waals surface area contributed by atoms with Crippen molar-refractivity contribution in [2.24, 2.45) is 0 Å². The lowest BCUT2D eigenvalue weighted by Crippen LogP contribution is -2.28. The molecule has 0 aromatic heterocycles. The number of benzene rings is 2. The number of rotatable bonds is 9. The number of nitrogens with zero attached hydrogens (tertiary/aromatic N) is 3. The first kappa shape index (κ1) is 24.5. The average molecular weight is 480 g/mol. The van der Waals surface area contributed by atoms with Gasteiger partial charge in [-0.2, -0.15) is 13.2 Å². The maximum absolute atomic E-state index is 12.9. The van der Waals surface area contributed by atoms with Crippen molar-refractivity contribution in [1.82, 2.24) is 0 Å². The third kappa shape index (κ3) is 5.92. The van der Waals surface area contributed by atoms with Gasteiger partial charge in [-0.05, 0) is 6.07 Å². The second kappa shape index (κ2) is 9.61. The summed E-state index contributed by atoms with van der Waals surface area (Å²) in [4.78, 5) is 30.0. The van der Waals surface area contributed by atoms with Gasteiger partial charge in [-0.15, -0.1) is 0 Å². The van der Waals surface area contributed by atoms with Crippen LogP contribution >= 0.6 is 11.6 Å². The van der Waals surface area contributed by atoms with Crippen LogP contribution in [0.4, 0.5) is 41.6 Å². The van der Waals surface area contributed by atoms with Gasteiger partial charge in [0.1, 0.15) is 0 Å². The van der Waals surface area contributed by atoms with Gasteiger partial charge in [0, 0.05) is 37.4 Å². The van der Waals surface area contributed by atoms with E-state index in [4.69, 9.17) is 11.6 Å². The number of aliphatic hydroxyl groups excluding tert-OH is 1. The van der Waals surface area contributed by atoms with Crippen LogP contribution < -0.4 is 10.6 Å². The zero-order valence-electron chi connectivity index (χ0n) is 15.6. The summed E-state index contributed by atoms with van der Waals surface area (Å²) in [5.74, 6) is 0. The van der Waals surface area contributed by atoms with E-state index in [-0.39, 0.29) is 35.1 Å². The molecular formula is C16H13ClF3N5O7. The largest absolute Gasteiger partial charge is 0.416 e. The highest BCUT2D eigenvalue weighted by Gasteiger charge is 2.37. The van der Waals surface area contributed by atoms with Crippen LogP contribution in [0.25, 0.3) is 0 Å². The van der Waals surface area contributed by atoms with Crippen molar-refractivity contribution in [2.75, 3.05) is 23.7 Å². The molecule has 0 aliphatic carbocycles. The Bertz CT molecular complexity index is 1030. The highest BCUT2D eigenvalue weighted by molar-refractivity contribution is 6.33. The van der Waals surface area contributed by atoms with E-state index in [1.807, 2.05) is 0 Å². The van der Waals surface area contributed by atoms with E-state index in [0.717, 1.165) is 12.1 Å². The molecule has 2 aromatic rings. The van der Waals surface area contributed by atoms with Gasteiger partial charge >= 0.3 is 6.18 Å². The van der Waals surface area contributed by atoms with Gasteiger partial charge in [-0.25, -0.2) is 0 Å². The van der Waals surface area contributed by atoms with Crippen molar-refractivity contribution >= 4 is 40.0 Å². The molecule has 0 heterocycles. The quantitative estimate of drug-likeness (QED) is 0.355. The molecule has 2 aromatic carbocycles. The van der Waals surface area contributed by atoms with E-state index in [1.54, 1.807) is 0 Å². The Labute approximate surface area is 181 Å². The maximum atomic E-state index is 12.9. The Balaban J connectivity index is 2.18. The van der Waals surface area contributed by atoms with Crippen molar-refractivity contribution < 1.29 is 33.0 Å². The predicted octanol–water partition coefficient (Wildman–Crippen LogP) is 3.97. The molecule has 1 atom stereocenters. The number of non-ortho nitro benzene ring substituents is 1. The van der Waals surface area contributed by atoms with E-state index in [2.05, 4.69) is 10.6 Å². The lowest BCUT2D eigenvalue weighted by molar-refractivity contribution is -0.392. The first-order valence-electron chi connectivity index (χ1n) is 8.45. The summed E-state index contributed by atoms with van der Waals surface area (Å²) in [6, 6.07) is 3.77. The smallest absolute Gasteiger partial charge is 0.389 e. The third-order valence-electron chi connectivity index (χ3n) is 4.02. The summed E-state index contributed by atoms with van der Waals surface area (Å²) in [5.41, 5.74) is -4.82. The van der Waals surface area contributed by atoms with E-state index in [9.17, 15) is 48.6 Å². The lowest BCUT2D eigenvalue weighted by Gasteiger charge is -2.16. The second-order valence-electron chi connectivity index (χ2n) is 6.24. The van der Waals surface area contributed by atoms with Crippen LogP contribution in [0, 0.1) is 30.3 Å². The third-order valence-corrected chi connectivity index (χ3v) is 4.34. The monoisotopic (exact) mass is 479 g/mol. The molecule has 0 unspecified atom stereocenters. The second-order valence-corrected chi connectivity index (χ2v) is 6.65. The maximum Gasteiger partial charge on any atom is 0.416 e. The van der Waals surface area contributed by atoms with Crippen molar-refractivity contribution in [2.45, 2.75) is 12.3 Å². The molecule has 12 nitrogen and oxygen atoms in total. The molecule has 0 spiro atoms. The van der Waals surface area contributed by atoms with Gasteiger partial charge in [0.05, 0.1) is 37.1 Å². The molecule has 0 aliphatic rings. The topological polar surface area (TPSA) is 174 Å². The molecule has 172 valence electrons. The fourth-order valence-electron chi connectivity index (χ4n) is 2.53. The summed E-state index contributed by atoms with van der Waals surface area (Å²) in [7, 11) is 0. The SMILES string of the molecule is O=[N+]([O-])c1ccc(NC[C@@H](O)CNc2c([N+](=O)[O-])cc(C(F)(F)F)cc2[N+](=O)[O-])c(Cl)c1. The number of anilines is 2. The number of hydrogen-bond donors (Lipinski definition) is 3. The Kier molecular flexibility index (Phi) is 7.37. The van der Waals surface area contributed by atoms with Crippen LogP contribution in [0.5, 0.6) is 0 Å². The Morgan fingerprint density at radius 1 is 0.938 bits per heavy atom. The number of hydrogen-bond acceptors (Lipinski definition) is 9. The molecule has 0 aliphatic heterocycles. The molecule has 0 amide bonds. The Hall–Kier alpha value is -3.72. The molecule has 16 heteroatoms. The molecule has 0 fully saturated rings. The summed E-state index contributed by atoms with van der Waals surface area (Å²) >= 11 is 5.89. The standard InChI is InChI=1S/C16H13ClF3N5O7/c17-11-5-9(23(27)28)1-2-12(11)21-6-10(26)7-22-15-13(24(29)30)3-8(16(18,19)20)4-14(15)25(31)32/h1-5,10,21-22,26H,6-7H2/t10-/m1/s1. The summed E-state index contributed by atoms with van der Waals surface area (Å²) < 4.78 is 38.8. The lowest BCUT2D eigenvalue weighted by atomic mass is 10.1. The van der Waals surface area contributed by atoms with Gasteiger partial charge in [0.2, 0.25) is 0 Å². The number of halogens is 4. The number of nitro groups is 3. The van der Waals surface area contributed by atoms with E-state index in [1.165, 1.54) is 6.07 Å². The van der Waals surface area contributed by atoms with Crippen LogP contribution in [0.3, 0.4) is 0 Å². The van der Waals surface area contributed by atoms with Gasteiger partial charge in [-0.1, -0.05) is 11.6 Å². The van der Waals surface area contributed by atoms with Crippen molar-refractivity contribution in [3.05, 3.63) is 71.3 Å². The summed E-state index contributed by atoms with van der Waals surface area (Å²) in [5, 5.41) is 48.0. The molecule has 32 heavy (non-hydrogen) atoms. The van der Waals surface area contributed by atoms with Crippen molar-refractivity contribution in [1.29, 1.82) is 0 Å². The number of aliphatic hydroxyl groups is 1. The van der Waals surface area contributed by atoms with Crippen LogP contribution in [-0.2, 0) is 6.18 Å². The van der Waals surface area contributed by atoms with Gasteiger partial charge in [0.15, 0.2) is 5.69 Å². The van der Waals surface area contributed by atoms with Gasteiger partial charge in [0.25, 0.3) is 17.1 Å². The Morgan fingerprint density at radius 2 is 1.47 bits per heavy atom. The van der Waals surface area contributed by atoms with Gasteiger partial charge < -0.3 is 15.7 Å². The molecule has 0 radical (unpaired) electrons. The normalized spacial score (nSPS) is 12.2. The molecule has 0 saturated heterocycles. The number of nitrogens with one attached hydrogen (secondary N) is 2. The molecule has 0 saturated carbocycles. The van der Waals surface area contributed by atoms with E-state index >= 15 is 0 Å². The van der Waals surface area contributed by atoms with Crippen LogP contribution in [0.2, 0.25) is 5.02 Å². The molecular weight excluding hydrogens is 467 g/mol. The van der Waals surface area contributed by atoms with E-state index in [0.29, 0.717) is 0 Å². The zero-order chi connectivity index (χ0) is 24.2. The number of alkyl halides is 3. The fourth-order valence-corrected chi connectivity index (χ4v) is 2.77. The summed E-state index contributed by atoms with van der Waals surface area (Å²) in [6.07, 6.45) is -6.40. The Morgan fingerprint density at radius 3 is 1.91 bits per heavy atom. The fraction of sp³-hybridized carbons (Fsp3) is 0.250. The van der Waals surface area contributed by atoms with Crippen LogP contribution in [0.15, 0.2) is 30.3 Å². The van der Waals surface area contributed by atoms with Crippen LogP contribution in [-0.4, -0.2) is 39.1 Å². The first-order chi connectivity index (χ1) is 14.8. The minimum Gasteiger partial charge on any atom is -0.389 e. The van der Waals surface area contributed by atoms with Crippen molar-refractivity contribution in [3.8, 4) is 0 Å². The molecule has 2 rings (SSSR count). The van der Waals surface area contributed by atoms with Crippen LogP contribution in [0.1, 0.15) is 5.56 Å². The molecule has 3 N–H and O–H groups in total. The predicted molar refractivity (Wildman–Crippen MR) is 106 cm³/mol. The number of nitro benzene ring substituents is 3. The minimum absolute atomic E-state index is 0.0339. The summed E-state index contributed by atoms with van der Waals surface area (Å²) in [6.45, 7) is -0.780. The molecule has 0 bridgehead atoms. The van der Waals surface area contributed by atoms with Crippen molar-refractivity contribution in [3.63, 3.8) is 0 Å². The highest BCUT2D eigenvalue weighted by atomic mass is 35.5. The average Bonchev–Trinajstić information content (AvgIpc) is 2.69.